The second-order valence-electron chi connectivity index (χ2n) is 7.87. The van der Waals surface area contributed by atoms with Gasteiger partial charge in [0.1, 0.15) is 0 Å². The molecule has 0 aromatic heterocycles. The summed E-state index contributed by atoms with van der Waals surface area (Å²) in [7, 11) is -1.99. The second kappa shape index (κ2) is 5.49. The van der Waals surface area contributed by atoms with E-state index in [1.165, 1.54) is 39.2 Å². The molecule has 0 spiro atoms. The third kappa shape index (κ3) is 2.68. The van der Waals surface area contributed by atoms with Crippen LogP contribution in [0.4, 0.5) is 5.69 Å². The van der Waals surface area contributed by atoms with Crippen molar-refractivity contribution in [2.24, 2.45) is 29.6 Å². The van der Waals surface area contributed by atoms with Crippen molar-refractivity contribution < 1.29 is 8.42 Å². The Balaban J connectivity index is 1.55. The molecule has 0 radical (unpaired) electrons. The Bertz CT molecular complexity index is 686. The lowest BCUT2D eigenvalue weighted by molar-refractivity contribution is -0.0359. The SMILES string of the molecule is CNS(=O)(=O)c1ccc(CC2C3CC4CC(C3)CC2C4)c(N)c1. The molecule has 1 aromatic carbocycles. The standard InChI is InChI=1S/C18H26N2O2S/c1-20-23(21,22)16-3-2-13(18(19)10-16)9-17-14-5-11-4-12(7-14)8-15(17)6-11/h2-3,10-12,14-15,17,20H,4-9,19H2,1H3. The summed E-state index contributed by atoms with van der Waals surface area (Å²) in [4.78, 5) is 0.256. The van der Waals surface area contributed by atoms with Crippen LogP contribution in [0, 0.1) is 29.6 Å². The van der Waals surface area contributed by atoms with Crippen LogP contribution in [-0.4, -0.2) is 15.5 Å². The first-order chi connectivity index (χ1) is 11.0. The third-order valence-corrected chi connectivity index (χ3v) is 7.99. The number of rotatable bonds is 4. The van der Waals surface area contributed by atoms with E-state index in [1.807, 2.05) is 6.07 Å². The Hall–Kier alpha value is -1.07. The lowest BCUT2D eigenvalue weighted by Crippen LogP contribution is -2.45. The molecule has 23 heavy (non-hydrogen) atoms. The van der Waals surface area contributed by atoms with E-state index in [0.717, 1.165) is 41.6 Å². The van der Waals surface area contributed by atoms with Crippen molar-refractivity contribution in [3.8, 4) is 0 Å². The molecule has 4 fully saturated rings. The van der Waals surface area contributed by atoms with Crippen LogP contribution in [0.25, 0.3) is 0 Å². The van der Waals surface area contributed by atoms with Gasteiger partial charge in [0.05, 0.1) is 4.90 Å². The zero-order chi connectivity index (χ0) is 16.2. The van der Waals surface area contributed by atoms with Gasteiger partial charge in [0.25, 0.3) is 0 Å². The smallest absolute Gasteiger partial charge is 0.240 e. The normalized spacial score (nSPS) is 35.6. The molecule has 4 bridgehead atoms. The highest BCUT2D eigenvalue weighted by Gasteiger charge is 2.47. The van der Waals surface area contributed by atoms with Crippen molar-refractivity contribution in [1.82, 2.24) is 4.72 Å². The van der Waals surface area contributed by atoms with Crippen molar-refractivity contribution in [2.75, 3.05) is 12.8 Å². The fraction of sp³-hybridized carbons (Fsp3) is 0.667. The van der Waals surface area contributed by atoms with Gasteiger partial charge in [-0.1, -0.05) is 6.07 Å². The van der Waals surface area contributed by atoms with E-state index in [1.54, 1.807) is 12.1 Å². The molecule has 0 heterocycles. The fourth-order valence-electron chi connectivity index (χ4n) is 5.67. The van der Waals surface area contributed by atoms with Gasteiger partial charge in [-0.15, -0.1) is 0 Å². The number of nitrogens with one attached hydrogen (secondary N) is 1. The first-order valence-electron chi connectivity index (χ1n) is 8.78. The largest absolute Gasteiger partial charge is 0.398 e. The van der Waals surface area contributed by atoms with Crippen molar-refractivity contribution in [2.45, 2.75) is 43.4 Å². The van der Waals surface area contributed by atoms with Crippen LogP contribution in [0.2, 0.25) is 0 Å². The summed E-state index contributed by atoms with van der Waals surface area (Å²) in [5.41, 5.74) is 7.93. The number of hydrogen-bond acceptors (Lipinski definition) is 3. The molecule has 5 heteroatoms. The Kier molecular flexibility index (Phi) is 3.69. The average molecular weight is 334 g/mol. The molecule has 0 amide bonds. The van der Waals surface area contributed by atoms with Gasteiger partial charge in [-0.2, -0.15) is 0 Å². The predicted octanol–water partition coefficient (Wildman–Crippen LogP) is 2.79. The van der Waals surface area contributed by atoms with Gasteiger partial charge in [-0.3, -0.25) is 0 Å². The summed E-state index contributed by atoms with van der Waals surface area (Å²) in [5.74, 6) is 4.44. The highest BCUT2D eigenvalue weighted by Crippen LogP contribution is 2.57. The monoisotopic (exact) mass is 334 g/mol. The van der Waals surface area contributed by atoms with Gasteiger partial charge in [-0.25, -0.2) is 13.1 Å². The van der Waals surface area contributed by atoms with Crippen LogP contribution in [0.5, 0.6) is 0 Å². The third-order valence-electron chi connectivity index (χ3n) is 6.57. The van der Waals surface area contributed by atoms with Crippen LogP contribution in [0.1, 0.15) is 37.7 Å². The molecule has 5 rings (SSSR count). The van der Waals surface area contributed by atoms with Crippen LogP contribution in [-0.2, 0) is 16.4 Å². The van der Waals surface area contributed by atoms with Crippen molar-refractivity contribution in [1.29, 1.82) is 0 Å². The zero-order valence-corrected chi connectivity index (χ0v) is 14.5. The number of hydrogen-bond donors (Lipinski definition) is 2. The van der Waals surface area contributed by atoms with E-state index in [0.29, 0.717) is 5.69 Å². The second-order valence-corrected chi connectivity index (χ2v) is 9.75. The van der Waals surface area contributed by atoms with Gasteiger partial charge < -0.3 is 5.73 Å². The summed E-state index contributed by atoms with van der Waals surface area (Å²) >= 11 is 0. The molecule has 126 valence electrons. The van der Waals surface area contributed by atoms with E-state index in [4.69, 9.17) is 5.73 Å². The van der Waals surface area contributed by atoms with E-state index in [2.05, 4.69) is 4.72 Å². The first-order valence-corrected chi connectivity index (χ1v) is 10.3. The Labute approximate surface area is 138 Å². The molecule has 4 nitrogen and oxygen atoms in total. The van der Waals surface area contributed by atoms with Crippen molar-refractivity contribution >= 4 is 15.7 Å². The molecule has 0 atom stereocenters. The van der Waals surface area contributed by atoms with Gasteiger partial charge in [0.2, 0.25) is 10.0 Å². The number of sulfonamides is 1. The summed E-state index contributed by atoms with van der Waals surface area (Å²) in [6.45, 7) is 0. The molecular formula is C18H26N2O2S. The van der Waals surface area contributed by atoms with Gasteiger partial charge in [0.15, 0.2) is 0 Å². The van der Waals surface area contributed by atoms with Gasteiger partial charge >= 0.3 is 0 Å². The summed E-state index contributed by atoms with van der Waals surface area (Å²) in [6, 6.07) is 5.22. The van der Waals surface area contributed by atoms with E-state index in [9.17, 15) is 8.42 Å². The van der Waals surface area contributed by atoms with E-state index >= 15 is 0 Å². The zero-order valence-electron chi connectivity index (χ0n) is 13.7. The molecule has 4 aliphatic carbocycles. The Morgan fingerprint density at radius 3 is 2.22 bits per heavy atom. The van der Waals surface area contributed by atoms with E-state index in [-0.39, 0.29) is 4.90 Å². The summed E-state index contributed by atoms with van der Waals surface area (Å²) < 4.78 is 26.1. The highest BCUT2D eigenvalue weighted by molar-refractivity contribution is 7.89. The fourth-order valence-corrected chi connectivity index (χ4v) is 6.43. The number of anilines is 1. The molecular weight excluding hydrogens is 308 g/mol. The first kappa shape index (κ1) is 15.5. The molecule has 3 N–H and O–H groups in total. The molecule has 4 saturated carbocycles. The van der Waals surface area contributed by atoms with Crippen LogP contribution in [0.15, 0.2) is 23.1 Å². The maximum absolute atomic E-state index is 11.9. The quantitative estimate of drug-likeness (QED) is 0.832. The maximum Gasteiger partial charge on any atom is 0.240 e. The lowest BCUT2D eigenvalue weighted by Gasteiger charge is -2.54. The minimum Gasteiger partial charge on any atom is -0.398 e. The topological polar surface area (TPSA) is 72.2 Å². The molecule has 1 aromatic rings. The summed E-state index contributed by atoms with van der Waals surface area (Å²) in [5, 5.41) is 0. The Morgan fingerprint density at radius 2 is 1.70 bits per heavy atom. The lowest BCUT2D eigenvalue weighted by atomic mass is 9.51. The minimum atomic E-state index is -3.42. The molecule has 0 unspecified atom stereocenters. The number of nitrogens with two attached hydrogens (primary N) is 1. The van der Waals surface area contributed by atoms with Crippen LogP contribution in [0.3, 0.4) is 0 Å². The van der Waals surface area contributed by atoms with Crippen LogP contribution < -0.4 is 10.5 Å². The van der Waals surface area contributed by atoms with E-state index < -0.39 is 10.0 Å². The van der Waals surface area contributed by atoms with Crippen LogP contribution >= 0.6 is 0 Å². The predicted molar refractivity (Wildman–Crippen MR) is 91.3 cm³/mol. The van der Waals surface area contributed by atoms with Crippen molar-refractivity contribution in [3.05, 3.63) is 23.8 Å². The number of nitrogen functional groups attached to an aromatic ring is 1. The molecule has 0 aliphatic heterocycles. The average Bonchev–Trinajstić information content (AvgIpc) is 2.51. The van der Waals surface area contributed by atoms with Crippen molar-refractivity contribution in [3.63, 3.8) is 0 Å². The maximum atomic E-state index is 11.9. The van der Waals surface area contributed by atoms with Gasteiger partial charge in [0, 0.05) is 5.69 Å². The Morgan fingerprint density at radius 1 is 1.09 bits per heavy atom. The molecule has 0 saturated heterocycles. The van der Waals surface area contributed by atoms with Gasteiger partial charge in [-0.05, 0) is 92.9 Å². The summed E-state index contributed by atoms with van der Waals surface area (Å²) in [6.07, 6.45) is 8.11. The highest BCUT2D eigenvalue weighted by atomic mass is 32.2. The molecule has 4 aliphatic rings. The number of benzene rings is 1. The minimum absolute atomic E-state index is 0.256.